The normalized spacial score (nSPS) is 10.8. The van der Waals surface area contributed by atoms with Crippen molar-refractivity contribution in [3.8, 4) is 11.4 Å². The molecule has 0 saturated heterocycles. The van der Waals surface area contributed by atoms with Gasteiger partial charge in [0.25, 0.3) is 5.91 Å². The first-order valence-corrected chi connectivity index (χ1v) is 8.22. The van der Waals surface area contributed by atoms with Crippen molar-refractivity contribution in [2.75, 3.05) is 5.43 Å². The third-order valence-corrected chi connectivity index (χ3v) is 4.26. The molecule has 0 unspecified atom stereocenters. The molecule has 2 N–H and O–H groups in total. The molecule has 2 aromatic heterocycles. The molecule has 0 radical (unpaired) electrons. The molecule has 9 heteroatoms. The molecule has 7 nitrogen and oxygen atoms in total. The minimum atomic E-state index is -0.386. The summed E-state index contributed by atoms with van der Waals surface area (Å²) >= 11 is 9.30. The maximum absolute atomic E-state index is 11.8. The maximum Gasteiger partial charge on any atom is 0.340 e. The summed E-state index contributed by atoms with van der Waals surface area (Å²) in [6.45, 7) is 0. The Hall–Kier alpha value is -2.71. The lowest BCUT2D eigenvalue weighted by atomic mass is 10.2. The van der Waals surface area contributed by atoms with E-state index in [0.29, 0.717) is 10.8 Å². The number of hydrogen-bond donors (Lipinski definition) is 2. The summed E-state index contributed by atoms with van der Waals surface area (Å²) in [5.74, 6) is 0.00176. The Balaban J connectivity index is 1.56. The van der Waals surface area contributed by atoms with Crippen LogP contribution in [-0.2, 0) is 4.79 Å². The molecule has 3 rings (SSSR count). The average molecular weight is 421 g/mol. The molecular weight excluding hydrogens is 410 g/mol. The molecule has 0 aliphatic heterocycles. The van der Waals surface area contributed by atoms with E-state index in [2.05, 4.69) is 41.9 Å². The molecule has 2 heterocycles. The van der Waals surface area contributed by atoms with Crippen LogP contribution in [0.1, 0.15) is 5.56 Å². The second-order valence-corrected chi connectivity index (χ2v) is 6.04. The number of nitrogens with zero attached hydrogens (tertiary/aromatic N) is 3. The molecule has 25 heavy (non-hydrogen) atoms. The van der Waals surface area contributed by atoms with Gasteiger partial charge in [-0.2, -0.15) is 4.98 Å². The van der Waals surface area contributed by atoms with Crippen molar-refractivity contribution in [2.45, 2.75) is 0 Å². The van der Waals surface area contributed by atoms with Gasteiger partial charge in [-0.1, -0.05) is 22.8 Å². The van der Waals surface area contributed by atoms with Crippen LogP contribution in [0.2, 0.25) is 5.02 Å². The van der Waals surface area contributed by atoms with Crippen molar-refractivity contribution >= 4 is 45.5 Å². The number of pyridine rings is 1. The van der Waals surface area contributed by atoms with Crippen LogP contribution in [-0.4, -0.2) is 21.0 Å². The first kappa shape index (κ1) is 17.1. The minimum Gasteiger partial charge on any atom is -0.313 e. The molecule has 0 spiro atoms. The standard InChI is InChI=1S/C16H11BrClN5O2/c17-12-3-1-10(9-13(12)18)2-4-14(24)21-22-16-20-15(23-25-16)11-5-7-19-8-6-11/h1-9H,(H,21,24)(H,20,22,23)/b4-2+. The van der Waals surface area contributed by atoms with Gasteiger partial charge in [0.2, 0.25) is 5.82 Å². The highest BCUT2D eigenvalue weighted by molar-refractivity contribution is 9.10. The number of nitrogens with one attached hydrogen (secondary N) is 2. The molecule has 1 aromatic carbocycles. The van der Waals surface area contributed by atoms with Crippen LogP contribution in [0.15, 0.2) is 57.8 Å². The highest BCUT2D eigenvalue weighted by Gasteiger charge is 2.08. The number of anilines is 1. The number of carbonyl (C=O) groups excluding carboxylic acids is 1. The van der Waals surface area contributed by atoms with Crippen LogP contribution in [0, 0.1) is 0 Å². The van der Waals surface area contributed by atoms with E-state index in [9.17, 15) is 4.79 Å². The van der Waals surface area contributed by atoms with Gasteiger partial charge in [0.05, 0.1) is 5.02 Å². The monoisotopic (exact) mass is 419 g/mol. The maximum atomic E-state index is 11.8. The number of amides is 1. The van der Waals surface area contributed by atoms with E-state index in [4.69, 9.17) is 16.1 Å². The Bertz CT molecular complexity index is 914. The lowest BCUT2D eigenvalue weighted by Gasteiger charge is -2.00. The largest absolute Gasteiger partial charge is 0.340 e. The van der Waals surface area contributed by atoms with Gasteiger partial charge >= 0.3 is 6.01 Å². The molecule has 0 aliphatic rings. The second-order valence-electron chi connectivity index (χ2n) is 4.78. The Morgan fingerprint density at radius 1 is 1.24 bits per heavy atom. The predicted molar refractivity (Wildman–Crippen MR) is 97.5 cm³/mol. The quantitative estimate of drug-likeness (QED) is 0.483. The van der Waals surface area contributed by atoms with Crippen molar-refractivity contribution in [1.29, 1.82) is 0 Å². The van der Waals surface area contributed by atoms with Gasteiger partial charge in [0, 0.05) is 28.5 Å². The van der Waals surface area contributed by atoms with Crippen LogP contribution in [0.5, 0.6) is 0 Å². The van der Waals surface area contributed by atoms with E-state index < -0.39 is 0 Å². The molecule has 0 atom stereocenters. The molecule has 0 fully saturated rings. The number of carbonyl (C=O) groups is 1. The smallest absolute Gasteiger partial charge is 0.313 e. The fraction of sp³-hybridized carbons (Fsp3) is 0. The number of hydrazine groups is 1. The van der Waals surface area contributed by atoms with Crippen molar-refractivity contribution in [1.82, 2.24) is 20.6 Å². The van der Waals surface area contributed by atoms with Gasteiger partial charge in [0.1, 0.15) is 0 Å². The first-order chi connectivity index (χ1) is 12.1. The van der Waals surface area contributed by atoms with Crippen molar-refractivity contribution < 1.29 is 9.32 Å². The van der Waals surface area contributed by atoms with E-state index in [1.807, 2.05) is 6.07 Å². The fourth-order valence-corrected chi connectivity index (χ4v) is 2.27. The number of aromatic nitrogens is 3. The highest BCUT2D eigenvalue weighted by atomic mass is 79.9. The average Bonchev–Trinajstić information content (AvgIpc) is 3.11. The lowest BCUT2D eigenvalue weighted by Crippen LogP contribution is -2.27. The van der Waals surface area contributed by atoms with Crippen LogP contribution in [0.3, 0.4) is 0 Å². The van der Waals surface area contributed by atoms with Gasteiger partial charge < -0.3 is 4.52 Å². The van der Waals surface area contributed by atoms with E-state index in [-0.39, 0.29) is 11.9 Å². The Morgan fingerprint density at radius 2 is 2.04 bits per heavy atom. The van der Waals surface area contributed by atoms with Crippen molar-refractivity contribution in [3.05, 3.63) is 63.9 Å². The number of hydrogen-bond acceptors (Lipinski definition) is 6. The van der Waals surface area contributed by atoms with Gasteiger partial charge in [-0.05, 0) is 51.8 Å². The molecule has 0 bridgehead atoms. The zero-order valence-electron chi connectivity index (χ0n) is 12.6. The summed E-state index contributed by atoms with van der Waals surface area (Å²) < 4.78 is 5.80. The second kappa shape index (κ2) is 7.91. The SMILES string of the molecule is O=C(/C=C/c1ccc(Br)c(Cl)c1)NNc1nc(-c2ccncc2)no1. The summed E-state index contributed by atoms with van der Waals surface area (Å²) in [7, 11) is 0. The van der Waals surface area contributed by atoms with Crippen LogP contribution in [0.4, 0.5) is 6.01 Å². The molecule has 1 amide bonds. The van der Waals surface area contributed by atoms with E-state index in [1.165, 1.54) is 6.08 Å². The van der Waals surface area contributed by atoms with Crippen molar-refractivity contribution in [2.24, 2.45) is 0 Å². The Morgan fingerprint density at radius 3 is 2.80 bits per heavy atom. The molecule has 0 aliphatic carbocycles. The predicted octanol–water partition coefficient (Wildman–Crippen LogP) is 3.70. The molecule has 3 aromatic rings. The van der Waals surface area contributed by atoms with Gasteiger partial charge in [-0.25, -0.2) is 5.43 Å². The summed E-state index contributed by atoms with van der Waals surface area (Å²) in [5.41, 5.74) is 6.53. The van der Waals surface area contributed by atoms with Crippen molar-refractivity contribution in [3.63, 3.8) is 0 Å². The van der Waals surface area contributed by atoms with Gasteiger partial charge in [-0.15, -0.1) is 0 Å². The third kappa shape index (κ3) is 4.65. The van der Waals surface area contributed by atoms with E-state index >= 15 is 0 Å². The molecular formula is C16H11BrClN5O2. The lowest BCUT2D eigenvalue weighted by molar-refractivity contribution is -0.116. The number of halogens is 2. The molecule has 0 saturated carbocycles. The third-order valence-electron chi connectivity index (χ3n) is 3.03. The first-order valence-electron chi connectivity index (χ1n) is 7.05. The van der Waals surface area contributed by atoms with Crippen LogP contribution in [0.25, 0.3) is 17.5 Å². The van der Waals surface area contributed by atoms with Crippen LogP contribution < -0.4 is 10.9 Å². The Labute approximate surface area is 156 Å². The van der Waals surface area contributed by atoms with Gasteiger partial charge in [0.15, 0.2) is 0 Å². The summed E-state index contributed by atoms with van der Waals surface area (Å²) in [6.07, 6.45) is 6.23. The van der Waals surface area contributed by atoms with E-state index in [1.54, 1.807) is 42.7 Å². The minimum absolute atomic E-state index is 0.0697. The zero-order chi connectivity index (χ0) is 17.6. The number of rotatable bonds is 5. The Kier molecular flexibility index (Phi) is 5.42. The fourth-order valence-electron chi connectivity index (χ4n) is 1.84. The van der Waals surface area contributed by atoms with E-state index in [0.717, 1.165) is 15.6 Å². The molecule has 126 valence electrons. The summed E-state index contributed by atoms with van der Waals surface area (Å²) in [4.78, 5) is 19.8. The number of benzene rings is 1. The van der Waals surface area contributed by atoms with Crippen LogP contribution >= 0.6 is 27.5 Å². The van der Waals surface area contributed by atoms with Gasteiger partial charge in [-0.3, -0.25) is 15.2 Å². The summed E-state index contributed by atoms with van der Waals surface area (Å²) in [5, 5.41) is 4.38. The highest BCUT2D eigenvalue weighted by Crippen LogP contribution is 2.23. The zero-order valence-corrected chi connectivity index (χ0v) is 15.0. The topological polar surface area (TPSA) is 92.9 Å². The summed E-state index contributed by atoms with van der Waals surface area (Å²) in [6, 6.07) is 8.93.